The van der Waals surface area contributed by atoms with E-state index < -0.39 is 22.0 Å². The minimum absolute atomic E-state index is 0.0770. The van der Waals surface area contributed by atoms with E-state index in [4.69, 9.17) is 10.5 Å². The number of ether oxygens (including phenoxy) is 1. The number of hydrogen-bond donors (Lipinski definition) is 3. The quantitative estimate of drug-likeness (QED) is 0.529. The molecule has 1 aliphatic heterocycles. The smallest absolute Gasteiger partial charge is 0.266 e. The summed E-state index contributed by atoms with van der Waals surface area (Å²) >= 11 is 3.34. The first kappa shape index (κ1) is 23.2. The SMILES string of the molecule is NC(=O)c1[nH]c2ccc(Br)cc2c1S(=O)(=O)N1CCO[C@@H](C(=O)NCC2CCCCC2)C1. The molecule has 174 valence electrons. The van der Waals surface area contributed by atoms with E-state index >= 15 is 0 Å². The number of carbonyl (C=O) groups is 2. The predicted molar refractivity (Wildman–Crippen MR) is 123 cm³/mol. The van der Waals surface area contributed by atoms with Crippen LogP contribution in [0.5, 0.6) is 0 Å². The highest BCUT2D eigenvalue weighted by Crippen LogP contribution is 2.32. The number of hydrogen-bond acceptors (Lipinski definition) is 5. The average molecular weight is 527 g/mol. The Hall–Kier alpha value is -1.95. The largest absolute Gasteiger partial charge is 0.366 e. The number of rotatable bonds is 6. The van der Waals surface area contributed by atoms with E-state index in [1.807, 2.05) is 0 Å². The van der Waals surface area contributed by atoms with Crippen LogP contribution in [0.3, 0.4) is 0 Å². The number of nitrogens with one attached hydrogen (secondary N) is 2. The molecule has 32 heavy (non-hydrogen) atoms. The Morgan fingerprint density at radius 1 is 1.25 bits per heavy atom. The van der Waals surface area contributed by atoms with E-state index in [0.717, 1.165) is 12.8 Å². The molecule has 1 saturated carbocycles. The van der Waals surface area contributed by atoms with Gasteiger partial charge in [-0.15, -0.1) is 0 Å². The second kappa shape index (κ2) is 9.50. The molecule has 1 saturated heterocycles. The molecular weight excluding hydrogens is 500 g/mol. The minimum atomic E-state index is -4.12. The number of aromatic amines is 1. The number of amides is 2. The van der Waals surface area contributed by atoms with Crippen molar-refractivity contribution in [1.82, 2.24) is 14.6 Å². The highest BCUT2D eigenvalue weighted by atomic mass is 79.9. The summed E-state index contributed by atoms with van der Waals surface area (Å²) in [5, 5.41) is 3.28. The van der Waals surface area contributed by atoms with Crippen LogP contribution >= 0.6 is 15.9 Å². The van der Waals surface area contributed by atoms with Gasteiger partial charge in [0.05, 0.1) is 6.61 Å². The van der Waals surface area contributed by atoms with Gasteiger partial charge < -0.3 is 20.8 Å². The lowest BCUT2D eigenvalue weighted by Crippen LogP contribution is -2.52. The van der Waals surface area contributed by atoms with E-state index in [-0.39, 0.29) is 36.2 Å². The highest BCUT2D eigenvalue weighted by Gasteiger charge is 2.38. The Bertz CT molecular complexity index is 1130. The summed E-state index contributed by atoms with van der Waals surface area (Å²) in [5.41, 5.74) is 5.78. The number of benzene rings is 1. The van der Waals surface area contributed by atoms with Crippen LogP contribution < -0.4 is 11.1 Å². The Labute approximate surface area is 195 Å². The van der Waals surface area contributed by atoms with Crippen LogP contribution in [0.15, 0.2) is 27.6 Å². The molecule has 1 aromatic carbocycles. The lowest BCUT2D eigenvalue weighted by Gasteiger charge is -2.32. The molecule has 0 unspecified atom stereocenters. The molecule has 1 atom stereocenters. The van der Waals surface area contributed by atoms with Crippen molar-refractivity contribution in [3.05, 3.63) is 28.4 Å². The molecule has 2 heterocycles. The molecule has 2 fully saturated rings. The van der Waals surface area contributed by atoms with Gasteiger partial charge in [0.25, 0.3) is 11.8 Å². The molecule has 0 radical (unpaired) electrons. The van der Waals surface area contributed by atoms with Gasteiger partial charge >= 0.3 is 0 Å². The van der Waals surface area contributed by atoms with Crippen molar-refractivity contribution in [1.29, 1.82) is 0 Å². The molecule has 9 nitrogen and oxygen atoms in total. The number of aromatic nitrogens is 1. The van der Waals surface area contributed by atoms with Gasteiger partial charge in [0.1, 0.15) is 16.7 Å². The van der Waals surface area contributed by atoms with Gasteiger partial charge in [-0.1, -0.05) is 35.2 Å². The molecule has 4 N–H and O–H groups in total. The molecule has 0 bridgehead atoms. The van der Waals surface area contributed by atoms with Gasteiger partial charge in [0.2, 0.25) is 10.0 Å². The Kier molecular flexibility index (Phi) is 6.89. The fourth-order valence-electron chi connectivity index (χ4n) is 4.46. The maximum absolute atomic E-state index is 13.6. The zero-order valence-electron chi connectivity index (χ0n) is 17.6. The Morgan fingerprint density at radius 2 is 2.00 bits per heavy atom. The van der Waals surface area contributed by atoms with Crippen molar-refractivity contribution in [3.63, 3.8) is 0 Å². The van der Waals surface area contributed by atoms with Crippen LogP contribution in [-0.2, 0) is 19.6 Å². The summed E-state index contributed by atoms with van der Waals surface area (Å²) in [4.78, 5) is 27.3. The third kappa shape index (κ3) is 4.70. The number of primary amides is 1. The molecule has 1 aliphatic carbocycles. The maximum atomic E-state index is 13.6. The van der Waals surface area contributed by atoms with Crippen LogP contribution in [-0.4, -0.2) is 61.9 Å². The monoisotopic (exact) mass is 526 g/mol. The van der Waals surface area contributed by atoms with Crippen LogP contribution in [0, 0.1) is 5.92 Å². The molecule has 4 rings (SSSR count). The number of H-pyrrole nitrogens is 1. The first-order chi connectivity index (χ1) is 15.3. The van der Waals surface area contributed by atoms with Crippen molar-refractivity contribution in [2.45, 2.75) is 43.1 Å². The minimum Gasteiger partial charge on any atom is -0.366 e. The van der Waals surface area contributed by atoms with Crippen LogP contribution in [0.25, 0.3) is 10.9 Å². The number of sulfonamides is 1. The second-order valence-electron chi connectivity index (χ2n) is 8.35. The topological polar surface area (TPSA) is 135 Å². The molecule has 2 aromatic rings. The highest BCUT2D eigenvalue weighted by molar-refractivity contribution is 9.10. The molecule has 2 aliphatic rings. The molecule has 2 amide bonds. The van der Waals surface area contributed by atoms with E-state index in [2.05, 4.69) is 26.2 Å². The number of nitrogens with zero attached hydrogens (tertiary/aromatic N) is 1. The summed E-state index contributed by atoms with van der Waals surface area (Å²) in [5.74, 6) is -0.725. The number of morpholine rings is 1. The van der Waals surface area contributed by atoms with Crippen molar-refractivity contribution in [2.24, 2.45) is 11.7 Å². The summed E-state index contributed by atoms with van der Waals surface area (Å²) in [6.07, 6.45) is 4.87. The summed E-state index contributed by atoms with van der Waals surface area (Å²) in [6.45, 7) is 0.609. The predicted octanol–water partition coefficient (Wildman–Crippen LogP) is 2.12. The first-order valence-electron chi connectivity index (χ1n) is 10.8. The zero-order chi connectivity index (χ0) is 22.9. The van der Waals surface area contributed by atoms with Gasteiger partial charge in [-0.05, 0) is 37.0 Å². The van der Waals surface area contributed by atoms with Crippen molar-refractivity contribution < 1.29 is 22.7 Å². The summed E-state index contributed by atoms with van der Waals surface area (Å²) in [6, 6.07) is 5.03. The fourth-order valence-corrected chi connectivity index (χ4v) is 6.58. The van der Waals surface area contributed by atoms with Gasteiger partial charge in [0, 0.05) is 35.0 Å². The van der Waals surface area contributed by atoms with Crippen LogP contribution in [0.1, 0.15) is 42.6 Å². The number of fused-ring (bicyclic) bond motifs is 1. The number of carbonyl (C=O) groups excluding carboxylic acids is 2. The van der Waals surface area contributed by atoms with E-state index in [1.54, 1.807) is 18.2 Å². The molecular formula is C21H27BrN4O5S. The number of nitrogens with two attached hydrogens (primary N) is 1. The Morgan fingerprint density at radius 3 is 2.72 bits per heavy atom. The lowest BCUT2D eigenvalue weighted by atomic mass is 9.89. The standard InChI is InChI=1S/C21H27BrN4O5S/c22-14-6-7-16-15(10-14)19(18(25-16)20(23)27)32(29,30)26-8-9-31-17(12-26)21(28)24-11-13-4-2-1-3-5-13/h6-7,10,13,17,25H,1-5,8-9,11-12H2,(H2,23,27)(H,24,28)/t17-/m1/s1. The van der Waals surface area contributed by atoms with E-state index in [1.165, 1.54) is 23.6 Å². The normalized spacial score (nSPS) is 21.0. The zero-order valence-corrected chi connectivity index (χ0v) is 20.0. The van der Waals surface area contributed by atoms with Crippen molar-refractivity contribution in [3.8, 4) is 0 Å². The molecule has 11 heteroatoms. The van der Waals surface area contributed by atoms with Crippen LogP contribution in [0.2, 0.25) is 0 Å². The Balaban J connectivity index is 1.55. The third-order valence-corrected chi connectivity index (χ3v) is 8.61. The summed E-state index contributed by atoms with van der Waals surface area (Å²) < 4.78 is 34.6. The van der Waals surface area contributed by atoms with Crippen molar-refractivity contribution >= 4 is 48.7 Å². The third-order valence-electron chi connectivity index (χ3n) is 6.17. The van der Waals surface area contributed by atoms with Crippen molar-refractivity contribution in [2.75, 3.05) is 26.2 Å². The van der Waals surface area contributed by atoms with Gasteiger partial charge in [-0.3, -0.25) is 9.59 Å². The fraction of sp³-hybridized carbons (Fsp3) is 0.524. The first-order valence-corrected chi connectivity index (χ1v) is 13.0. The molecule has 1 aromatic heterocycles. The second-order valence-corrected chi connectivity index (χ2v) is 11.1. The van der Waals surface area contributed by atoms with E-state index in [0.29, 0.717) is 27.8 Å². The van der Waals surface area contributed by atoms with Gasteiger partial charge in [-0.25, -0.2) is 8.42 Å². The average Bonchev–Trinajstić information content (AvgIpc) is 3.18. The van der Waals surface area contributed by atoms with E-state index in [9.17, 15) is 18.0 Å². The maximum Gasteiger partial charge on any atom is 0.266 e. The van der Waals surface area contributed by atoms with Crippen LogP contribution in [0.4, 0.5) is 0 Å². The lowest BCUT2D eigenvalue weighted by molar-refractivity contribution is -0.136. The molecule has 0 spiro atoms. The van der Waals surface area contributed by atoms with Gasteiger partial charge in [-0.2, -0.15) is 4.31 Å². The summed E-state index contributed by atoms with van der Waals surface area (Å²) in [7, 11) is -4.12. The van der Waals surface area contributed by atoms with Gasteiger partial charge in [0.15, 0.2) is 0 Å². The number of halogens is 1.